The Morgan fingerprint density at radius 2 is 0.676 bits per heavy atom. The number of benzene rings is 5. The molecule has 1 aliphatic heterocycles. The van der Waals surface area contributed by atoms with E-state index in [1.165, 1.54) is 15.9 Å². The van der Waals surface area contributed by atoms with Gasteiger partial charge in [-0.05, 0) is 36.4 Å². The average Bonchev–Trinajstić information content (AvgIpc) is 3.00. The quantitative estimate of drug-likeness (QED) is 0.222. The predicted octanol–water partition coefficient (Wildman–Crippen LogP) is 7.46. The molecule has 37 heavy (non-hydrogen) atoms. The van der Waals surface area contributed by atoms with Crippen LogP contribution in [0.4, 0.5) is 0 Å². The summed E-state index contributed by atoms with van der Waals surface area (Å²) < 4.78 is 6.63. The van der Waals surface area contributed by atoms with Gasteiger partial charge in [-0.1, -0.05) is 115 Å². The van der Waals surface area contributed by atoms with Gasteiger partial charge in [-0.25, -0.2) is 0 Å². The Morgan fingerprint density at radius 3 is 1.00 bits per heavy atom. The van der Waals surface area contributed by atoms with Crippen LogP contribution in [0, 0.1) is 0 Å². The van der Waals surface area contributed by atoms with Crippen molar-refractivity contribution < 1.29 is 4.74 Å². The fourth-order valence-corrected chi connectivity index (χ4v) is 9.81. The van der Waals surface area contributed by atoms with Crippen LogP contribution in [-0.4, -0.2) is 5.66 Å². The van der Waals surface area contributed by atoms with Crippen LogP contribution in [0.3, 0.4) is 0 Å². The Kier molecular flexibility index (Phi) is 6.55. The molecule has 0 radical (unpaired) electrons. The summed E-state index contributed by atoms with van der Waals surface area (Å²) in [6.45, 7) is 0. The van der Waals surface area contributed by atoms with Crippen molar-refractivity contribution in [3.63, 3.8) is 0 Å². The second kappa shape index (κ2) is 10.4. The summed E-state index contributed by atoms with van der Waals surface area (Å²) in [6.07, 6.45) is 4.70. The zero-order valence-electron chi connectivity index (χ0n) is 20.5. The summed E-state index contributed by atoms with van der Waals surface area (Å²) in [4.78, 5) is 0. The Bertz CT molecular complexity index is 1360. The molecule has 1 aliphatic rings. The van der Waals surface area contributed by atoms with E-state index in [-0.39, 0.29) is 5.66 Å². The lowest BCUT2D eigenvalue weighted by atomic mass is 10.1. The van der Waals surface area contributed by atoms with Crippen molar-refractivity contribution in [1.82, 2.24) is 0 Å². The lowest BCUT2D eigenvalue weighted by molar-refractivity contribution is 0.463. The van der Waals surface area contributed by atoms with Gasteiger partial charge in [0.15, 0.2) is 0 Å². The Hall–Kier alpha value is -4.19. The highest BCUT2D eigenvalue weighted by Crippen LogP contribution is 2.62. The van der Waals surface area contributed by atoms with Gasteiger partial charge in [-0.3, -0.25) is 0 Å². The molecule has 0 saturated heterocycles. The third-order valence-electron chi connectivity index (χ3n) is 6.92. The van der Waals surface area contributed by atoms with Crippen LogP contribution in [0.15, 0.2) is 164 Å². The molecule has 1 nitrogen and oxygen atoms in total. The molecule has 0 saturated carbocycles. The number of rotatable bonds is 6. The van der Waals surface area contributed by atoms with E-state index in [2.05, 4.69) is 152 Å². The Labute approximate surface area is 219 Å². The lowest BCUT2D eigenvalue weighted by Crippen LogP contribution is -2.38. The predicted molar refractivity (Wildman–Crippen MR) is 159 cm³/mol. The first-order valence-electron chi connectivity index (χ1n) is 12.6. The minimum absolute atomic E-state index is 0.0962. The van der Waals surface area contributed by atoms with Crippen molar-refractivity contribution in [3.05, 3.63) is 175 Å². The number of ether oxygens (including phenoxy) is 1. The van der Waals surface area contributed by atoms with Crippen molar-refractivity contribution in [2.24, 2.45) is 0 Å². The SMILES string of the molecule is C1=C(c2ccccc2)OC(c2ccccc2)=CC1[P+](c1ccccc1)(c1ccccc1)c1ccccc1. The molecule has 2 heteroatoms. The minimum atomic E-state index is -2.18. The highest BCUT2D eigenvalue weighted by atomic mass is 31.2. The van der Waals surface area contributed by atoms with E-state index in [0.29, 0.717) is 0 Å². The maximum absolute atomic E-state index is 6.63. The standard InChI is InChI=1S/C35H28OP/c1-6-16-28(17-7-1)34-26-33(27-35(36-34)29-18-8-2-9-19-29)37(30-20-10-3-11-21-30,31-22-12-4-13-23-31)32-24-14-5-15-25-32/h1-27,33H/q+1. The summed E-state index contributed by atoms with van der Waals surface area (Å²) in [7, 11) is -2.18. The molecule has 178 valence electrons. The zero-order valence-corrected chi connectivity index (χ0v) is 21.4. The zero-order chi connectivity index (χ0) is 24.9. The highest BCUT2D eigenvalue weighted by Gasteiger charge is 2.52. The molecule has 0 aromatic heterocycles. The lowest BCUT2D eigenvalue weighted by Gasteiger charge is -2.34. The second-order valence-corrected chi connectivity index (χ2v) is 12.7. The van der Waals surface area contributed by atoms with E-state index in [9.17, 15) is 0 Å². The van der Waals surface area contributed by atoms with Crippen LogP contribution >= 0.6 is 7.26 Å². The molecule has 1 heterocycles. The smallest absolute Gasteiger partial charge is 0.134 e. The van der Waals surface area contributed by atoms with Gasteiger partial charge in [-0.2, -0.15) is 0 Å². The van der Waals surface area contributed by atoms with E-state index in [4.69, 9.17) is 4.74 Å². The molecule has 5 aromatic carbocycles. The summed E-state index contributed by atoms with van der Waals surface area (Å²) in [5.74, 6) is 1.80. The largest absolute Gasteiger partial charge is 0.456 e. The summed E-state index contributed by atoms with van der Waals surface area (Å²) in [6, 6.07) is 54.0. The van der Waals surface area contributed by atoms with Gasteiger partial charge < -0.3 is 4.74 Å². The molecule has 0 atom stereocenters. The first-order valence-corrected chi connectivity index (χ1v) is 14.5. The summed E-state index contributed by atoms with van der Waals surface area (Å²) in [5, 5.41) is 4.06. The van der Waals surface area contributed by atoms with E-state index in [1.54, 1.807) is 0 Å². The van der Waals surface area contributed by atoms with Crippen molar-refractivity contribution in [2.45, 2.75) is 5.66 Å². The Balaban J connectivity index is 1.67. The van der Waals surface area contributed by atoms with Crippen LogP contribution in [0.5, 0.6) is 0 Å². The van der Waals surface area contributed by atoms with Gasteiger partial charge in [0.05, 0.1) is 0 Å². The molecule has 0 amide bonds. The van der Waals surface area contributed by atoms with E-state index in [0.717, 1.165) is 22.6 Å². The van der Waals surface area contributed by atoms with Crippen LogP contribution < -0.4 is 15.9 Å². The van der Waals surface area contributed by atoms with Gasteiger partial charge in [0.25, 0.3) is 0 Å². The van der Waals surface area contributed by atoms with Crippen LogP contribution in [0.25, 0.3) is 11.5 Å². The van der Waals surface area contributed by atoms with Gasteiger partial charge in [0.1, 0.15) is 40.4 Å². The van der Waals surface area contributed by atoms with Gasteiger partial charge in [0.2, 0.25) is 0 Å². The molecule has 0 N–H and O–H groups in total. The van der Waals surface area contributed by atoms with Gasteiger partial charge in [-0.15, -0.1) is 0 Å². The molecule has 0 unspecified atom stereocenters. The van der Waals surface area contributed by atoms with E-state index in [1.807, 2.05) is 12.1 Å². The molecule has 0 bridgehead atoms. The summed E-state index contributed by atoms with van der Waals surface area (Å²) >= 11 is 0. The third-order valence-corrected chi connectivity index (χ3v) is 11.4. The summed E-state index contributed by atoms with van der Waals surface area (Å²) in [5.41, 5.74) is 2.27. The van der Waals surface area contributed by atoms with Crippen LogP contribution in [0.2, 0.25) is 0 Å². The molecule has 0 fully saturated rings. The molecule has 0 spiro atoms. The maximum Gasteiger partial charge on any atom is 0.134 e. The average molecular weight is 496 g/mol. The van der Waals surface area contributed by atoms with E-state index < -0.39 is 7.26 Å². The molecule has 0 aliphatic carbocycles. The normalized spacial score (nSPS) is 13.8. The second-order valence-electron chi connectivity index (χ2n) is 9.12. The topological polar surface area (TPSA) is 9.23 Å². The molecule has 6 rings (SSSR count). The molecule has 5 aromatic rings. The number of allylic oxidation sites excluding steroid dienone is 2. The van der Waals surface area contributed by atoms with Crippen molar-refractivity contribution in [2.75, 3.05) is 0 Å². The van der Waals surface area contributed by atoms with Gasteiger partial charge >= 0.3 is 0 Å². The van der Waals surface area contributed by atoms with Crippen LogP contribution in [-0.2, 0) is 4.74 Å². The third kappa shape index (κ3) is 4.44. The highest BCUT2D eigenvalue weighted by molar-refractivity contribution is 7.96. The van der Waals surface area contributed by atoms with Crippen molar-refractivity contribution in [3.8, 4) is 0 Å². The maximum atomic E-state index is 6.63. The number of hydrogen-bond acceptors (Lipinski definition) is 1. The minimum Gasteiger partial charge on any atom is -0.456 e. The monoisotopic (exact) mass is 495 g/mol. The van der Waals surface area contributed by atoms with Crippen molar-refractivity contribution in [1.29, 1.82) is 0 Å². The van der Waals surface area contributed by atoms with Crippen LogP contribution in [0.1, 0.15) is 11.1 Å². The fourth-order valence-electron chi connectivity index (χ4n) is 5.24. The molecular weight excluding hydrogens is 467 g/mol. The Morgan fingerprint density at radius 1 is 0.378 bits per heavy atom. The van der Waals surface area contributed by atoms with Gasteiger partial charge in [0, 0.05) is 23.3 Å². The fraction of sp³-hybridized carbons (Fsp3) is 0.0286. The first kappa shape index (κ1) is 23.2. The van der Waals surface area contributed by atoms with Crippen molar-refractivity contribution >= 4 is 34.7 Å². The number of hydrogen-bond donors (Lipinski definition) is 0. The molecular formula is C35H28OP+. The first-order chi connectivity index (χ1) is 18.4. The van der Waals surface area contributed by atoms with E-state index >= 15 is 0 Å².